The van der Waals surface area contributed by atoms with E-state index < -0.39 is 0 Å². The van der Waals surface area contributed by atoms with Crippen LogP contribution in [0.15, 0.2) is 30.3 Å². The van der Waals surface area contributed by atoms with Gasteiger partial charge < -0.3 is 9.64 Å². The molecule has 114 valence electrons. The number of carbonyl (C=O) groups is 1. The van der Waals surface area contributed by atoms with Crippen LogP contribution in [-0.2, 0) is 14.9 Å². The number of ether oxygens (including phenoxy) is 1. The highest BCUT2D eigenvalue weighted by molar-refractivity contribution is 5.91. The van der Waals surface area contributed by atoms with Crippen molar-refractivity contribution in [1.29, 1.82) is 0 Å². The van der Waals surface area contributed by atoms with Gasteiger partial charge in [0.15, 0.2) is 0 Å². The third kappa shape index (κ3) is 2.98. The number of amides is 1. The fourth-order valence-corrected chi connectivity index (χ4v) is 3.52. The molecular weight excluding hydrogens is 262 g/mol. The van der Waals surface area contributed by atoms with Crippen molar-refractivity contribution in [2.24, 2.45) is 5.92 Å². The Morgan fingerprint density at radius 2 is 1.90 bits per heavy atom. The van der Waals surface area contributed by atoms with Gasteiger partial charge in [-0.1, -0.05) is 30.3 Å². The van der Waals surface area contributed by atoms with E-state index in [0.29, 0.717) is 5.91 Å². The SMILES string of the molecule is COCCC1CCN(C(=O)C2(c3ccccc3)CC2)CC1. The van der Waals surface area contributed by atoms with E-state index in [0.717, 1.165) is 57.7 Å². The van der Waals surface area contributed by atoms with Crippen LogP contribution in [0.1, 0.15) is 37.7 Å². The van der Waals surface area contributed by atoms with Crippen molar-refractivity contribution in [2.45, 2.75) is 37.5 Å². The summed E-state index contributed by atoms with van der Waals surface area (Å²) in [6, 6.07) is 10.3. The van der Waals surface area contributed by atoms with Gasteiger partial charge in [-0.25, -0.2) is 0 Å². The van der Waals surface area contributed by atoms with Crippen LogP contribution in [0, 0.1) is 5.92 Å². The molecule has 1 aromatic rings. The second-order valence-corrected chi connectivity index (χ2v) is 6.47. The maximum atomic E-state index is 12.9. The van der Waals surface area contributed by atoms with Crippen molar-refractivity contribution < 1.29 is 9.53 Å². The number of methoxy groups -OCH3 is 1. The first-order valence-electron chi connectivity index (χ1n) is 8.10. The molecule has 0 bridgehead atoms. The van der Waals surface area contributed by atoms with E-state index in [1.807, 2.05) is 18.2 Å². The van der Waals surface area contributed by atoms with Crippen molar-refractivity contribution in [3.8, 4) is 0 Å². The minimum absolute atomic E-state index is 0.194. The summed E-state index contributed by atoms with van der Waals surface area (Å²) in [6.07, 6.45) is 5.40. The average Bonchev–Trinajstić information content (AvgIpc) is 3.35. The first kappa shape index (κ1) is 14.6. The van der Waals surface area contributed by atoms with Crippen molar-refractivity contribution in [1.82, 2.24) is 4.90 Å². The number of piperidine rings is 1. The number of hydrogen-bond acceptors (Lipinski definition) is 2. The molecule has 0 radical (unpaired) electrons. The highest BCUT2D eigenvalue weighted by Crippen LogP contribution is 2.49. The summed E-state index contributed by atoms with van der Waals surface area (Å²) in [7, 11) is 1.76. The minimum atomic E-state index is -0.194. The van der Waals surface area contributed by atoms with Gasteiger partial charge in [-0.2, -0.15) is 0 Å². The average molecular weight is 287 g/mol. The fraction of sp³-hybridized carbons (Fsp3) is 0.611. The first-order chi connectivity index (χ1) is 10.3. The van der Waals surface area contributed by atoms with Crippen LogP contribution in [0.5, 0.6) is 0 Å². The molecule has 2 fully saturated rings. The van der Waals surface area contributed by atoms with Crippen LogP contribution < -0.4 is 0 Å². The van der Waals surface area contributed by atoms with Gasteiger partial charge in [0, 0.05) is 26.8 Å². The summed E-state index contributed by atoms with van der Waals surface area (Å²) in [6.45, 7) is 2.68. The number of hydrogen-bond donors (Lipinski definition) is 0. The number of rotatable bonds is 5. The molecule has 1 saturated heterocycles. The quantitative estimate of drug-likeness (QED) is 0.833. The molecule has 1 aliphatic carbocycles. The Kier molecular flexibility index (Phi) is 4.29. The predicted octanol–water partition coefficient (Wildman–Crippen LogP) is 2.99. The monoisotopic (exact) mass is 287 g/mol. The van der Waals surface area contributed by atoms with E-state index in [1.54, 1.807) is 7.11 Å². The second kappa shape index (κ2) is 6.18. The van der Waals surface area contributed by atoms with Gasteiger partial charge in [-0.05, 0) is 43.6 Å². The largest absolute Gasteiger partial charge is 0.385 e. The lowest BCUT2D eigenvalue weighted by Gasteiger charge is -2.34. The van der Waals surface area contributed by atoms with E-state index in [4.69, 9.17) is 4.74 Å². The Bertz CT molecular complexity index is 473. The minimum Gasteiger partial charge on any atom is -0.385 e. The number of likely N-dealkylation sites (tertiary alicyclic amines) is 1. The maximum absolute atomic E-state index is 12.9. The van der Waals surface area contributed by atoms with Gasteiger partial charge in [0.1, 0.15) is 0 Å². The van der Waals surface area contributed by atoms with Crippen LogP contribution >= 0.6 is 0 Å². The molecular formula is C18H25NO2. The summed E-state index contributed by atoms with van der Waals surface area (Å²) in [5.41, 5.74) is 1.01. The molecule has 0 aromatic heterocycles. The van der Waals surface area contributed by atoms with Crippen molar-refractivity contribution in [2.75, 3.05) is 26.8 Å². The predicted molar refractivity (Wildman–Crippen MR) is 83.2 cm³/mol. The third-order valence-corrected chi connectivity index (χ3v) is 5.12. The molecule has 0 unspecified atom stereocenters. The van der Waals surface area contributed by atoms with Crippen molar-refractivity contribution in [3.63, 3.8) is 0 Å². The standard InChI is InChI=1S/C18H25NO2/c1-21-14-9-15-7-12-19(13-8-15)17(20)18(10-11-18)16-5-3-2-4-6-16/h2-6,15H,7-14H2,1H3. The van der Waals surface area contributed by atoms with E-state index in [9.17, 15) is 4.79 Å². The molecule has 2 aliphatic rings. The van der Waals surface area contributed by atoms with Crippen LogP contribution in [0.25, 0.3) is 0 Å². The molecule has 1 aromatic carbocycles. The van der Waals surface area contributed by atoms with Crippen LogP contribution in [0.2, 0.25) is 0 Å². The van der Waals surface area contributed by atoms with Gasteiger partial charge in [-0.15, -0.1) is 0 Å². The molecule has 3 rings (SSSR count). The lowest BCUT2D eigenvalue weighted by Crippen LogP contribution is -2.44. The molecule has 1 saturated carbocycles. The lowest BCUT2D eigenvalue weighted by atomic mass is 9.90. The summed E-state index contributed by atoms with van der Waals surface area (Å²) < 4.78 is 5.16. The second-order valence-electron chi connectivity index (χ2n) is 6.47. The lowest BCUT2D eigenvalue weighted by molar-refractivity contribution is -0.135. The topological polar surface area (TPSA) is 29.5 Å². The Morgan fingerprint density at radius 1 is 1.24 bits per heavy atom. The normalized spacial score (nSPS) is 21.3. The Morgan fingerprint density at radius 3 is 2.48 bits per heavy atom. The van der Waals surface area contributed by atoms with Crippen LogP contribution in [-0.4, -0.2) is 37.6 Å². The molecule has 1 amide bonds. The Balaban J connectivity index is 1.60. The highest BCUT2D eigenvalue weighted by atomic mass is 16.5. The zero-order chi connectivity index (χ0) is 14.7. The molecule has 0 N–H and O–H groups in total. The molecule has 3 nitrogen and oxygen atoms in total. The number of benzene rings is 1. The smallest absolute Gasteiger partial charge is 0.233 e. The maximum Gasteiger partial charge on any atom is 0.233 e. The third-order valence-electron chi connectivity index (χ3n) is 5.12. The van der Waals surface area contributed by atoms with E-state index in [2.05, 4.69) is 17.0 Å². The molecule has 0 atom stereocenters. The van der Waals surface area contributed by atoms with Crippen molar-refractivity contribution in [3.05, 3.63) is 35.9 Å². The number of carbonyl (C=O) groups excluding carboxylic acids is 1. The van der Waals surface area contributed by atoms with Gasteiger partial charge in [0.25, 0.3) is 0 Å². The van der Waals surface area contributed by atoms with Crippen LogP contribution in [0.3, 0.4) is 0 Å². The van der Waals surface area contributed by atoms with Gasteiger partial charge >= 0.3 is 0 Å². The Labute approximate surface area is 127 Å². The van der Waals surface area contributed by atoms with E-state index in [1.165, 1.54) is 5.56 Å². The molecule has 3 heteroatoms. The summed E-state index contributed by atoms with van der Waals surface area (Å²) >= 11 is 0. The molecule has 21 heavy (non-hydrogen) atoms. The fourth-order valence-electron chi connectivity index (χ4n) is 3.52. The van der Waals surface area contributed by atoms with E-state index in [-0.39, 0.29) is 5.41 Å². The van der Waals surface area contributed by atoms with Crippen LogP contribution in [0.4, 0.5) is 0 Å². The molecule has 1 aliphatic heterocycles. The Hall–Kier alpha value is -1.35. The molecule has 1 heterocycles. The van der Waals surface area contributed by atoms with E-state index >= 15 is 0 Å². The van der Waals surface area contributed by atoms with Gasteiger partial charge in [0.2, 0.25) is 5.91 Å². The highest BCUT2D eigenvalue weighted by Gasteiger charge is 2.53. The zero-order valence-corrected chi connectivity index (χ0v) is 12.9. The van der Waals surface area contributed by atoms with Gasteiger partial charge in [-0.3, -0.25) is 4.79 Å². The summed E-state index contributed by atoms with van der Waals surface area (Å²) in [5, 5.41) is 0. The van der Waals surface area contributed by atoms with Crippen molar-refractivity contribution >= 4 is 5.91 Å². The number of nitrogens with zero attached hydrogens (tertiary/aromatic N) is 1. The van der Waals surface area contributed by atoms with Gasteiger partial charge in [0.05, 0.1) is 5.41 Å². The summed E-state index contributed by atoms with van der Waals surface area (Å²) in [5.74, 6) is 1.08. The molecule has 0 spiro atoms. The zero-order valence-electron chi connectivity index (χ0n) is 12.9. The first-order valence-corrected chi connectivity index (χ1v) is 8.10. The summed E-state index contributed by atoms with van der Waals surface area (Å²) in [4.78, 5) is 15.0.